The highest BCUT2D eigenvalue weighted by Gasteiger charge is 2.17. The highest BCUT2D eigenvalue weighted by Crippen LogP contribution is 2.18. The average molecular weight is 252 g/mol. The van der Waals surface area contributed by atoms with E-state index < -0.39 is 5.97 Å². The van der Waals surface area contributed by atoms with Crippen LogP contribution < -0.4 is 4.90 Å². The summed E-state index contributed by atoms with van der Waals surface area (Å²) >= 11 is 0. The molecule has 5 nitrogen and oxygen atoms in total. The first-order chi connectivity index (χ1) is 8.63. The standard InChI is InChI=1S/C13H20N2O3/c1-3-10(4-2)15(8-9-16)12-7-5-6-11(14-12)13(17)18/h5-7,10,16H,3-4,8-9H2,1-2H3,(H,17,18). The minimum Gasteiger partial charge on any atom is -0.477 e. The second-order valence-corrected chi connectivity index (χ2v) is 4.07. The normalized spacial score (nSPS) is 10.7. The minimum atomic E-state index is -1.04. The van der Waals surface area contributed by atoms with Crippen molar-refractivity contribution in [3.63, 3.8) is 0 Å². The zero-order chi connectivity index (χ0) is 13.5. The van der Waals surface area contributed by atoms with Crippen LogP contribution in [0.15, 0.2) is 18.2 Å². The van der Waals surface area contributed by atoms with Gasteiger partial charge in [0.05, 0.1) is 6.61 Å². The number of hydrogen-bond donors (Lipinski definition) is 2. The molecule has 0 aliphatic heterocycles. The van der Waals surface area contributed by atoms with E-state index in [0.717, 1.165) is 12.8 Å². The lowest BCUT2D eigenvalue weighted by molar-refractivity contribution is 0.0690. The van der Waals surface area contributed by atoms with Gasteiger partial charge in [0.15, 0.2) is 5.69 Å². The van der Waals surface area contributed by atoms with Crippen LogP contribution in [-0.2, 0) is 0 Å². The maximum Gasteiger partial charge on any atom is 0.354 e. The lowest BCUT2D eigenvalue weighted by atomic mass is 10.1. The van der Waals surface area contributed by atoms with Crippen molar-refractivity contribution >= 4 is 11.8 Å². The maximum atomic E-state index is 10.9. The number of nitrogens with zero attached hydrogens (tertiary/aromatic N) is 2. The monoisotopic (exact) mass is 252 g/mol. The number of aliphatic hydroxyl groups excluding tert-OH is 1. The van der Waals surface area contributed by atoms with E-state index in [1.807, 2.05) is 4.90 Å². The van der Waals surface area contributed by atoms with E-state index in [9.17, 15) is 4.79 Å². The van der Waals surface area contributed by atoms with Gasteiger partial charge in [0.1, 0.15) is 5.82 Å². The fourth-order valence-corrected chi connectivity index (χ4v) is 2.02. The van der Waals surface area contributed by atoms with Gasteiger partial charge in [0.25, 0.3) is 0 Å². The third-order valence-corrected chi connectivity index (χ3v) is 2.97. The Kier molecular flexibility index (Phi) is 5.58. The number of carboxylic acids is 1. The van der Waals surface area contributed by atoms with Gasteiger partial charge in [0, 0.05) is 12.6 Å². The van der Waals surface area contributed by atoms with E-state index >= 15 is 0 Å². The second kappa shape index (κ2) is 6.96. The number of carboxylic acid groups (broad SMARTS) is 1. The Labute approximate surface area is 107 Å². The fourth-order valence-electron chi connectivity index (χ4n) is 2.02. The summed E-state index contributed by atoms with van der Waals surface area (Å²) in [5, 5.41) is 18.1. The predicted molar refractivity (Wildman–Crippen MR) is 70.0 cm³/mol. The molecule has 0 aromatic carbocycles. The summed E-state index contributed by atoms with van der Waals surface area (Å²) in [6, 6.07) is 5.18. The molecule has 0 bridgehead atoms. The van der Waals surface area contributed by atoms with Crippen LogP contribution in [0.4, 0.5) is 5.82 Å². The van der Waals surface area contributed by atoms with Gasteiger partial charge in [-0.3, -0.25) is 0 Å². The van der Waals surface area contributed by atoms with Crippen molar-refractivity contribution in [2.24, 2.45) is 0 Å². The van der Waals surface area contributed by atoms with Gasteiger partial charge in [-0.2, -0.15) is 0 Å². The quantitative estimate of drug-likeness (QED) is 0.773. The molecule has 1 aromatic heterocycles. The summed E-state index contributed by atoms with van der Waals surface area (Å²) in [5.74, 6) is -0.428. The molecule has 0 unspecified atom stereocenters. The molecular weight excluding hydrogens is 232 g/mol. The lowest BCUT2D eigenvalue weighted by Gasteiger charge is -2.31. The molecule has 0 fully saturated rings. The summed E-state index contributed by atoms with van der Waals surface area (Å²) in [6.45, 7) is 4.62. The van der Waals surface area contributed by atoms with Gasteiger partial charge >= 0.3 is 5.97 Å². The lowest BCUT2D eigenvalue weighted by Crippen LogP contribution is -2.37. The number of anilines is 1. The zero-order valence-corrected chi connectivity index (χ0v) is 10.8. The van der Waals surface area contributed by atoms with Crippen molar-refractivity contribution in [2.75, 3.05) is 18.1 Å². The second-order valence-electron chi connectivity index (χ2n) is 4.07. The number of pyridine rings is 1. The topological polar surface area (TPSA) is 73.7 Å². The molecule has 2 N–H and O–H groups in total. The van der Waals surface area contributed by atoms with Crippen LogP contribution in [0.25, 0.3) is 0 Å². The number of aromatic carboxylic acids is 1. The first-order valence-electron chi connectivity index (χ1n) is 6.21. The predicted octanol–water partition coefficient (Wildman–Crippen LogP) is 1.77. The average Bonchev–Trinajstić information content (AvgIpc) is 2.39. The molecule has 0 aliphatic rings. The number of aromatic nitrogens is 1. The first kappa shape index (κ1) is 14.4. The Morgan fingerprint density at radius 1 is 1.39 bits per heavy atom. The highest BCUT2D eigenvalue weighted by molar-refractivity contribution is 5.85. The Morgan fingerprint density at radius 2 is 2.06 bits per heavy atom. The molecule has 18 heavy (non-hydrogen) atoms. The van der Waals surface area contributed by atoms with Crippen molar-refractivity contribution in [1.29, 1.82) is 0 Å². The number of hydrogen-bond acceptors (Lipinski definition) is 4. The smallest absolute Gasteiger partial charge is 0.354 e. The summed E-state index contributed by atoms with van der Waals surface area (Å²) in [6.07, 6.45) is 1.85. The molecule has 0 saturated carbocycles. The van der Waals surface area contributed by atoms with Gasteiger partial charge in [-0.1, -0.05) is 19.9 Å². The summed E-state index contributed by atoms with van der Waals surface area (Å²) in [7, 11) is 0. The van der Waals surface area contributed by atoms with Gasteiger partial charge in [0.2, 0.25) is 0 Å². The van der Waals surface area contributed by atoms with E-state index in [-0.39, 0.29) is 18.3 Å². The van der Waals surface area contributed by atoms with Crippen LogP contribution in [0, 0.1) is 0 Å². The molecule has 0 spiro atoms. The van der Waals surface area contributed by atoms with Crippen LogP contribution in [0.1, 0.15) is 37.2 Å². The van der Waals surface area contributed by atoms with E-state index in [4.69, 9.17) is 10.2 Å². The van der Waals surface area contributed by atoms with E-state index in [0.29, 0.717) is 12.4 Å². The SMILES string of the molecule is CCC(CC)N(CCO)c1cccc(C(=O)O)n1. The van der Waals surface area contributed by atoms with Crippen LogP contribution >= 0.6 is 0 Å². The Morgan fingerprint density at radius 3 is 2.56 bits per heavy atom. The molecule has 0 atom stereocenters. The number of aliphatic hydroxyl groups is 1. The van der Waals surface area contributed by atoms with Crippen molar-refractivity contribution in [3.05, 3.63) is 23.9 Å². The first-order valence-corrected chi connectivity index (χ1v) is 6.21. The highest BCUT2D eigenvalue weighted by atomic mass is 16.4. The van der Waals surface area contributed by atoms with Crippen molar-refractivity contribution in [1.82, 2.24) is 4.98 Å². The van der Waals surface area contributed by atoms with Crippen LogP contribution in [0.5, 0.6) is 0 Å². The summed E-state index contributed by atoms with van der Waals surface area (Å²) in [4.78, 5) is 17.0. The summed E-state index contributed by atoms with van der Waals surface area (Å²) < 4.78 is 0. The molecular formula is C13H20N2O3. The minimum absolute atomic E-state index is 0.0233. The van der Waals surface area contributed by atoms with Crippen molar-refractivity contribution in [2.45, 2.75) is 32.7 Å². The summed E-state index contributed by atoms with van der Waals surface area (Å²) in [5.41, 5.74) is 0.0291. The zero-order valence-electron chi connectivity index (χ0n) is 10.8. The van der Waals surface area contributed by atoms with Gasteiger partial charge in [-0.25, -0.2) is 9.78 Å². The van der Waals surface area contributed by atoms with Crippen molar-refractivity contribution in [3.8, 4) is 0 Å². The molecule has 5 heteroatoms. The van der Waals surface area contributed by atoms with Gasteiger partial charge < -0.3 is 15.1 Å². The van der Waals surface area contributed by atoms with E-state index in [1.165, 1.54) is 6.07 Å². The number of rotatable bonds is 7. The molecule has 1 aromatic rings. The van der Waals surface area contributed by atoms with Gasteiger partial charge in [-0.05, 0) is 25.0 Å². The molecule has 0 aliphatic carbocycles. The third-order valence-electron chi connectivity index (χ3n) is 2.97. The van der Waals surface area contributed by atoms with Crippen LogP contribution in [0.2, 0.25) is 0 Å². The molecule has 1 rings (SSSR count). The Hall–Kier alpha value is -1.62. The molecule has 1 heterocycles. The maximum absolute atomic E-state index is 10.9. The largest absolute Gasteiger partial charge is 0.477 e. The fraction of sp³-hybridized carbons (Fsp3) is 0.538. The van der Waals surface area contributed by atoms with Crippen LogP contribution in [-0.4, -0.2) is 40.4 Å². The van der Waals surface area contributed by atoms with Crippen molar-refractivity contribution < 1.29 is 15.0 Å². The molecule has 0 amide bonds. The van der Waals surface area contributed by atoms with E-state index in [1.54, 1.807) is 12.1 Å². The van der Waals surface area contributed by atoms with Gasteiger partial charge in [-0.15, -0.1) is 0 Å². The third kappa shape index (κ3) is 3.43. The Bertz CT molecular complexity index is 392. The molecule has 0 saturated heterocycles. The molecule has 100 valence electrons. The van der Waals surface area contributed by atoms with E-state index in [2.05, 4.69) is 18.8 Å². The van der Waals surface area contributed by atoms with Crippen LogP contribution in [0.3, 0.4) is 0 Å². The number of carbonyl (C=O) groups is 1. The Balaban J connectivity index is 3.04. The molecule has 0 radical (unpaired) electrons.